The number of piperidine rings is 1. The molecule has 0 spiro atoms. The van der Waals surface area contributed by atoms with Crippen molar-refractivity contribution in [1.29, 1.82) is 0 Å². The van der Waals surface area contributed by atoms with Crippen LogP contribution in [0.2, 0.25) is 5.02 Å². The van der Waals surface area contributed by atoms with Gasteiger partial charge in [-0.1, -0.05) is 28.9 Å². The highest BCUT2D eigenvalue weighted by molar-refractivity contribution is 7.80. The van der Waals surface area contributed by atoms with Gasteiger partial charge in [-0.15, -0.1) is 0 Å². The number of hydrogen-bond donors (Lipinski definition) is 1. The largest absolute Gasteiger partial charge is 0.366 e. The summed E-state index contributed by atoms with van der Waals surface area (Å²) in [5.41, 5.74) is 0.848. The van der Waals surface area contributed by atoms with Crippen LogP contribution in [0.5, 0.6) is 0 Å². The van der Waals surface area contributed by atoms with Crippen molar-refractivity contribution in [2.24, 2.45) is 0 Å². The molecule has 0 bridgehead atoms. The molecule has 0 amide bonds. The van der Waals surface area contributed by atoms with E-state index in [1.807, 2.05) is 31.3 Å². The van der Waals surface area contributed by atoms with Crippen molar-refractivity contribution in [2.45, 2.75) is 25.3 Å². The summed E-state index contributed by atoms with van der Waals surface area (Å²) in [6.07, 6.45) is 3.20. The summed E-state index contributed by atoms with van der Waals surface area (Å²) in [6, 6.07) is 7.47. The third-order valence-corrected chi connectivity index (χ3v) is 4.46. The summed E-state index contributed by atoms with van der Waals surface area (Å²) in [7, 11) is 1.83. The Labute approximate surface area is 139 Å². The van der Waals surface area contributed by atoms with Gasteiger partial charge in [0, 0.05) is 24.2 Å². The molecule has 1 saturated heterocycles. The van der Waals surface area contributed by atoms with E-state index in [1.165, 1.54) is 0 Å². The number of thiocarbonyl (C=S) groups is 1. The molecule has 1 aliphatic rings. The van der Waals surface area contributed by atoms with E-state index in [-0.39, 0.29) is 6.04 Å². The number of likely N-dealkylation sites (tertiary alicyclic amines) is 1. The third kappa shape index (κ3) is 3.08. The molecular weight excluding hydrogens is 320 g/mol. The van der Waals surface area contributed by atoms with E-state index in [0.717, 1.165) is 31.4 Å². The van der Waals surface area contributed by atoms with Crippen LogP contribution in [0, 0.1) is 0 Å². The van der Waals surface area contributed by atoms with Gasteiger partial charge in [0.1, 0.15) is 6.04 Å². The highest BCUT2D eigenvalue weighted by atomic mass is 35.5. The Morgan fingerprint density at radius 1 is 1.45 bits per heavy atom. The van der Waals surface area contributed by atoms with Gasteiger partial charge in [0.15, 0.2) is 5.11 Å². The fraction of sp³-hybridized carbons (Fsp3) is 0.400. The van der Waals surface area contributed by atoms with E-state index in [9.17, 15) is 0 Å². The number of rotatable bonds is 2. The number of benzene rings is 1. The van der Waals surface area contributed by atoms with Crippen LogP contribution in [0.1, 0.15) is 31.2 Å². The van der Waals surface area contributed by atoms with E-state index >= 15 is 0 Å². The minimum Gasteiger partial charge on any atom is -0.366 e. The Balaban J connectivity index is 1.87. The lowest BCUT2D eigenvalue weighted by Crippen LogP contribution is -2.43. The van der Waals surface area contributed by atoms with Gasteiger partial charge < -0.3 is 14.7 Å². The predicted molar refractivity (Wildman–Crippen MR) is 89.7 cm³/mol. The molecule has 0 unspecified atom stereocenters. The quantitative estimate of drug-likeness (QED) is 0.848. The van der Waals surface area contributed by atoms with Crippen LogP contribution < -0.4 is 5.32 Å². The van der Waals surface area contributed by atoms with Crippen molar-refractivity contribution in [3.63, 3.8) is 0 Å². The molecule has 0 radical (unpaired) electrons. The van der Waals surface area contributed by atoms with Crippen LogP contribution in [-0.4, -0.2) is 33.7 Å². The Bertz CT molecular complexity index is 675. The van der Waals surface area contributed by atoms with Crippen LogP contribution in [0.4, 0.5) is 0 Å². The van der Waals surface area contributed by atoms with Crippen molar-refractivity contribution in [1.82, 2.24) is 20.4 Å². The Hall–Kier alpha value is -1.66. The monoisotopic (exact) mass is 336 g/mol. The van der Waals surface area contributed by atoms with Gasteiger partial charge in [-0.3, -0.25) is 0 Å². The first-order chi connectivity index (χ1) is 10.7. The second kappa shape index (κ2) is 6.62. The maximum Gasteiger partial charge on any atom is 0.249 e. The predicted octanol–water partition coefficient (Wildman–Crippen LogP) is 3.42. The molecule has 5 nitrogen and oxygen atoms in total. The van der Waals surface area contributed by atoms with E-state index in [1.54, 1.807) is 0 Å². The molecule has 22 heavy (non-hydrogen) atoms. The van der Waals surface area contributed by atoms with Crippen molar-refractivity contribution < 1.29 is 4.52 Å². The molecule has 1 fully saturated rings. The normalized spacial score (nSPS) is 18.3. The number of halogens is 1. The zero-order valence-electron chi connectivity index (χ0n) is 12.3. The first-order valence-corrected chi connectivity index (χ1v) is 8.05. The number of nitrogens with one attached hydrogen (secondary N) is 1. The van der Waals surface area contributed by atoms with Gasteiger partial charge in [-0.2, -0.15) is 4.98 Å². The van der Waals surface area contributed by atoms with E-state index in [0.29, 0.717) is 21.9 Å². The molecule has 7 heteroatoms. The molecule has 1 atom stereocenters. The summed E-state index contributed by atoms with van der Waals surface area (Å²) in [4.78, 5) is 6.67. The minimum absolute atomic E-state index is 0.0362. The fourth-order valence-electron chi connectivity index (χ4n) is 2.69. The zero-order chi connectivity index (χ0) is 15.5. The molecule has 1 aromatic heterocycles. The lowest BCUT2D eigenvalue weighted by atomic mass is 10.0. The highest BCUT2D eigenvalue weighted by Gasteiger charge is 2.30. The highest BCUT2D eigenvalue weighted by Crippen LogP contribution is 2.31. The fourth-order valence-corrected chi connectivity index (χ4v) is 3.10. The van der Waals surface area contributed by atoms with Crippen molar-refractivity contribution in [3.8, 4) is 11.4 Å². The molecule has 1 aromatic carbocycles. The number of nitrogens with zero attached hydrogens (tertiary/aromatic N) is 3. The van der Waals surface area contributed by atoms with E-state index < -0.39 is 0 Å². The summed E-state index contributed by atoms with van der Waals surface area (Å²) >= 11 is 11.4. The Kier molecular flexibility index (Phi) is 4.59. The molecule has 1 N–H and O–H groups in total. The molecular formula is C15H17ClN4OS. The van der Waals surface area contributed by atoms with Gasteiger partial charge in [0.05, 0.1) is 0 Å². The molecule has 1 aliphatic heterocycles. The summed E-state index contributed by atoms with van der Waals surface area (Å²) in [6.45, 7) is 0.902. The second-order valence-corrected chi connectivity index (χ2v) is 6.05. The van der Waals surface area contributed by atoms with Crippen LogP contribution in [0.15, 0.2) is 28.8 Å². The van der Waals surface area contributed by atoms with Gasteiger partial charge in [0.2, 0.25) is 11.7 Å². The average Bonchev–Trinajstić information content (AvgIpc) is 3.04. The molecule has 0 aliphatic carbocycles. The average molecular weight is 337 g/mol. The minimum atomic E-state index is 0.0362. The summed E-state index contributed by atoms with van der Waals surface area (Å²) in [5, 5.41) is 8.49. The summed E-state index contributed by atoms with van der Waals surface area (Å²) < 4.78 is 5.49. The molecule has 2 aromatic rings. The maximum atomic E-state index is 6.01. The maximum absolute atomic E-state index is 6.01. The van der Waals surface area contributed by atoms with Gasteiger partial charge in [-0.05, 0) is 43.6 Å². The Morgan fingerprint density at radius 2 is 2.32 bits per heavy atom. The molecule has 3 rings (SSSR count). The molecule has 116 valence electrons. The van der Waals surface area contributed by atoms with E-state index in [4.69, 9.17) is 28.3 Å². The third-order valence-electron chi connectivity index (χ3n) is 3.79. The van der Waals surface area contributed by atoms with Crippen LogP contribution in [-0.2, 0) is 0 Å². The first kappa shape index (κ1) is 15.2. The Morgan fingerprint density at radius 3 is 3.09 bits per heavy atom. The molecule has 2 heterocycles. The van der Waals surface area contributed by atoms with Gasteiger partial charge in [0.25, 0.3) is 0 Å². The summed E-state index contributed by atoms with van der Waals surface area (Å²) in [5.74, 6) is 1.16. The van der Waals surface area contributed by atoms with Crippen molar-refractivity contribution in [2.75, 3.05) is 13.6 Å². The van der Waals surface area contributed by atoms with Gasteiger partial charge in [-0.25, -0.2) is 0 Å². The van der Waals surface area contributed by atoms with Crippen molar-refractivity contribution in [3.05, 3.63) is 35.2 Å². The van der Waals surface area contributed by atoms with Crippen LogP contribution in [0.3, 0.4) is 0 Å². The standard InChI is InChI=1S/C15H17ClN4OS/c1-17-15(22)20-8-3-2-7-12(20)14-18-13(19-21-14)10-5-4-6-11(16)9-10/h4-6,9,12H,2-3,7-8H2,1H3,(H,17,22)/t12-/m1/s1. The zero-order valence-corrected chi connectivity index (χ0v) is 13.8. The van der Waals surface area contributed by atoms with Crippen molar-refractivity contribution >= 4 is 28.9 Å². The first-order valence-electron chi connectivity index (χ1n) is 7.27. The molecule has 0 saturated carbocycles. The lowest BCUT2D eigenvalue weighted by molar-refractivity contribution is 0.194. The number of aromatic nitrogens is 2. The second-order valence-electron chi connectivity index (χ2n) is 5.23. The van der Waals surface area contributed by atoms with E-state index in [2.05, 4.69) is 20.4 Å². The topological polar surface area (TPSA) is 54.2 Å². The SMILES string of the molecule is CNC(=S)N1CCCC[C@@H]1c1nc(-c2cccc(Cl)c2)no1. The van der Waals surface area contributed by atoms with Crippen LogP contribution >= 0.6 is 23.8 Å². The smallest absolute Gasteiger partial charge is 0.249 e. The lowest BCUT2D eigenvalue weighted by Gasteiger charge is -2.34. The van der Waals surface area contributed by atoms with Crippen LogP contribution in [0.25, 0.3) is 11.4 Å². The number of hydrogen-bond acceptors (Lipinski definition) is 4. The van der Waals surface area contributed by atoms with Gasteiger partial charge >= 0.3 is 0 Å².